The highest BCUT2D eigenvalue weighted by molar-refractivity contribution is 6.14. The van der Waals surface area contributed by atoms with Crippen molar-refractivity contribution in [2.24, 2.45) is 0 Å². The largest absolute Gasteiger partial charge is 0.309 e. The maximum atomic E-state index is 2.52. The Morgan fingerprint density at radius 3 is 1.55 bits per heavy atom. The molecule has 9 aromatic carbocycles. The topological polar surface area (TPSA) is 14.3 Å². The van der Waals surface area contributed by atoms with Crippen LogP contribution in [0.5, 0.6) is 0 Å². The van der Waals surface area contributed by atoms with Gasteiger partial charge < -0.3 is 4.57 Å². The van der Waals surface area contributed by atoms with E-state index in [1.54, 1.807) is 0 Å². The van der Waals surface area contributed by atoms with Gasteiger partial charge in [-0.15, -0.1) is 0 Å². The van der Waals surface area contributed by atoms with Crippen molar-refractivity contribution >= 4 is 49.4 Å². The maximum Gasteiger partial charge on any atom is 0.131 e. The number of fused-ring (bicyclic) bond motifs is 18. The Morgan fingerprint density at radius 1 is 0.300 bits per heavy atom. The van der Waals surface area contributed by atoms with Crippen LogP contribution in [0.4, 0.5) is 0 Å². The Bertz CT molecular complexity index is 3740. The zero-order valence-corrected chi connectivity index (χ0v) is 32.5. The van der Waals surface area contributed by atoms with Crippen molar-refractivity contribution in [3.05, 3.63) is 235 Å². The number of hydrogen-bond acceptors (Lipinski definition) is 0. The van der Waals surface area contributed by atoms with Gasteiger partial charge in [0.1, 0.15) is 5.65 Å². The van der Waals surface area contributed by atoms with Gasteiger partial charge in [-0.05, 0) is 105 Å². The van der Waals surface area contributed by atoms with E-state index in [9.17, 15) is 0 Å². The number of hydrogen-bond donors (Lipinski definition) is 0. The second kappa shape index (κ2) is 11.6. The summed E-state index contributed by atoms with van der Waals surface area (Å²) in [5, 5.41) is 3.74. The zero-order chi connectivity index (χ0) is 39.1. The first-order valence-electron chi connectivity index (χ1n) is 20.9. The summed E-state index contributed by atoms with van der Waals surface area (Å²) >= 11 is 0. The first-order chi connectivity index (χ1) is 29.8. The quantitative estimate of drug-likeness (QED) is 0.170. The average Bonchev–Trinajstić information content (AvgIpc) is 4.08. The fraction of sp³-hybridized carbons (Fsp3) is 0.0175. The first kappa shape index (κ1) is 32.1. The molecular weight excluding hydrogens is 727 g/mol. The molecule has 3 heteroatoms. The molecule has 14 rings (SSSR count). The first-order valence-corrected chi connectivity index (χ1v) is 20.9. The van der Waals surface area contributed by atoms with Gasteiger partial charge in [-0.1, -0.05) is 158 Å². The Balaban J connectivity index is 1.08. The van der Waals surface area contributed by atoms with E-state index in [1.165, 1.54) is 99.4 Å². The van der Waals surface area contributed by atoms with E-state index >= 15 is 0 Å². The van der Waals surface area contributed by atoms with Crippen molar-refractivity contribution in [1.29, 1.82) is 0 Å². The lowest BCUT2D eigenvalue weighted by Gasteiger charge is -2.30. The van der Waals surface area contributed by atoms with Crippen molar-refractivity contribution in [3.8, 4) is 44.8 Å². The second-order valence-electron chi connectivity index (χ2n) is 16.4. The van der Waals surface area contributed by atoms with Gasteiger partial charge in [-0.25, -0.2) is 0 Å². The van der Waals surface area contributed by atoms with Gasteiger partial charge in [0.2, 0.25) is 0 Å². The molecule has 12 aromatic rings. The molecule has 0 N–H and O–H groups in total. The molecule has 60 heavy (non-hydrogen) atoms. The van der Waals surface area contributed by atoms with E-state index in [0.717, 1.165) is 17.0 Å². The molecule has 0 saturated heterocycles. The molecule has 2 aliphatic rings. The lowest BCUT2D eigenvalue weighted by Crippen LogP contribution is -2.25. The van der Waals surface area contributed by atoms with Crippen molar-refractivity contribution < 1.29 is 0 Å². The van der Waals surface area contributed by atoms with Crippen LogP contribution >= 0.6 is 0 Å². The normalized spacial score (nSPS) is 13.5. The summed E-state index contributed by atoms with van der Waals surface area (Å²) < 4.78 is 7.43. The summed E-state index contributed by atoms with van der Waals surface area (Å²) in [5.41, 5.74) is 22.1. The molecule has 0 atom stereocenters. The van der Waals surface area contributed by atoms with Gasteiger partial charge in [-0.2, -0.15) is 0 Å². The summed E-state index contributed by atoms with van der Waals surface area (Å²) in [6, 6.07) is 78.9. The molecule has 3 heterocycles. The second-order valence-corrected chi connectivity index (χ2v) is 16.4. The standard InChI is InChI=1S/C57H35N3/c1-2-16-37(17-3-1)58-50-26-12-7-21-42(50)43-32-30-36(34-54(43)58)55-44-22-8-13-27-51(44)60-53-29-15-14-28-52(53)59(56(55)60)38-31-33-49-45(35-38)41-20-6-11-25-48(41)57(49)46-23-9-4-18-39(46)40-19-5-10-24-47(40)57/h1-35H. The molecule has 3 nitrogen and oxygen atoms in total. The summed E-state index contributed by atoms with van der Waals surface area (Å²) in [4.78, 5) is 0. The highest BCUT2D eigenvalue weighted by Gasteiger charge is 2.51. The summed E-state index contributed by atoms with van der Waals surface area (Å²) in [6.07, 6.45) is 0. The minimum absolute atomic E-state index is 0.382. The molecule has 1 spiro atoms. The van der Waals surface area contributed by atoms with Crippen LogP contribution in [0.2, 0.25) is 0 Å². The van der Waals surface area contributed by atoms with Crippen LogP contribution in [0, 0.1) is 0 Å². The van der Waals surface area contributed by atoms with E-state index in [2.05, 4.69) is 226 Å². The van der Waals surface area contributed by atoms with Crippen molar-refractivity contribution in [3.63, 3.8) is 0 Å². The van der Waals surface area contributed by atoms with Gasteiger partial charge in [0.05, 0.1) is 33.0 Å². The van der Waals surface area contributed by atoms with E-state index in [0.29, 0.717) is 0 Å². The van der Waals surface area contributed by atoms with Crippen LogP contribution in [-0.2, 0) is 5.41 Å². The molecule has 0 aliphatic heterocycles. The van der Waals surface area contributed by atoms with Crippen LogP contribution in [0.1, 0.15) is 22.3 Å². The van der Waals surface area contributed by atoms with Crippen molar-refractivity contribution in [1.82, 2.24) is 13.5 Å². The monoisotopic (exact) mass is 761 g/mol. The zero-order valence-electron chi connectivity index (χ0n) is 32.5. The molecule has 0 saturated carbocycles. The van der Waals surface area contributed by atoms with Gasteiger partial charge >= 0.3 is 0 Å². The minimum Gasteiger partial charge on any atom is -0.309 e. The Kier molecular flexibility index (Phi) is 6.22. The fourth-order valence-corrected chi connectivity index (χ4v) is 11.4. The van der Waals surface area contributed by atoms with Gasteiger partial charge in [0, 0.05) is 33.1 Å². The molecule has 3 aromatic heterocycles. The lowest BCUT2D eigenvalue weighted by molar-refractivity contribution is 0.793. The Labute approximate surface area is 346 Å². The van der Waals surface area contributed by atoms with Crippen molar-refractivity contribution in [2.75, 3.05) is 0 Å². The number of imidazole rings is 1. The lowest BCUT2D eigenvalue weighted by atomic mass is 9.70. The van der Waals surface area contributed by atoms with E-state index < -0.39 is 0 Å². The minimum atomic E-state index is -0.382. The fourth-order valence-electron chi connectivity index (χ4n) is 11.4. The van der Waals surface area contributed by atoms with Gasteiger partial charge in [-0.3, -0.25) is 8.97 Å². The predicted molar refractivity (Wildman–Crippen MR) is 248 cm³/mol. The van der Waals surface area contributed by atoms with E-state index in [4.69, 9.17) is 0 Å². The van der Waals surface area contributed by atoms with E-state index in [-0.39, 0.29) is 5.41 Å². The number of aromatic nitrogens is 3. The number of benzene rings is 9. The number of rotatable bonds is 3. The summed E-state index contributed by atoms with van der Waals surface area (Å²) in [5.74, 6) is 0. The Hall–Kier alpha value is -7.88. The molecular formula is C57H35N3. The van der Waals surface area contributed by atoms with Crippen molar-refractivity contribution in [2.45, 2.75) is 5.41 Å². The SMILES string of the molecule is c1ccc(-n2c3ccccc3c3ccc(-c4c5ccccc5n5c6ccccc6n(-c6ccc7c(c6)-c6ccccc6C76c7ccccc7-c7ccccc76)c45)cc32)cc1. The molecule has 2 aliphatic carbocycles. The third-order valence-corrected chi connectivity index (χ3v) is 13.6. The molecule has 0 radical (unpaired) electrons. The highest BCUT2D eigenvalue weighted by atomic mass is 15.1. The molecule has 278 valence electrons. The highest BCUT2D eigenvalue weighted by Crippen LogP contribution is 2.63. The van der Waals surface area contributed by atoms with E-state index in [1.807, 2.05) is 0 Å². The maximum absolute atomic E-state index is 2.52. The van der Waals surface area contributed by atoms with Crippen LogP contribution < -0.4 is 0 Å². The third kappa shape index (κ3) is 3.90. The third-order valence-electron chi connectivity index (χ3n) is 13.6. The predicted octanol–water partition coefficient (Wildman–Crippen LogP) is 14.1. The average molecular weight is 762 g/mol. The number of para-hydroxylation sites is 5. The smallest absolute Gasteiger partial charge is 0.131 e. The summed E-state index contributed by atoms with van der Waals surface area (Å²) in [6.45, 7) is 0. The summed E-state index contributed by atoms with van der Waals surface area (Å²) in [7, 11) is 0. The van der Waals surface area contributed by atoms with Crippen LogP contribution in [0.3, 0.4) is 0 Å². The number of nitrogens with zero attached hydrogens (tertiary/aromatic N) is 3. The van der Waals surface area contributed by atoms with Crippen LogP contribution in [0.25, 0.3) is 94.1 Å². The van der Waals surface area contributed by atoms with Gasteiger partial charge in [0.25, 0.3) is 0 Å². The molecule has 0 fully saturated rings. The Morgan fingerprint density at radius 2 is 0.833 bits per heavy atom. The van der Waals surface area contributed by atoms with Crippen LogP contribution in [0.15, 0.2) is 212 Å². The molecule has 0 unspecified atom stereocenters. The molecule has 0 bridgehead atoms. The van der Waals surface area contributed by atoms with Crippen LogP contribution in [-0.4, -0.2) is 13.5 Å². The molecule has 0 amide bonds. The van der Waals surface area contributed by atoms with Gasteiger partial charge in [0.15, 0.2) is 0 Å².